The molecule has 3 aromatic carbocycles. The molecule has 0 bridgehead atoms. The highest BCUT2D eigenvalue weighted by atomic mass is 16.5. The minimum Gasteiger partial charge on any atom is -0.489 e. The first-order valence-corrected chi connectivity index (χ1v) is 14.0. The van der Waals surface area contributed by atoms with Crippen molar-refractivity contribution in [2.75, 3.05) is 31.1 Å². The van der Waals surface area contributed by atoms with Gasteiger partial charge in [-0.1, -0.05) is 36.4 Å². The fourth-order valence-corrected chi connectivity index (χ4v) is 5.14. The van der Waals surface area contributed by atoms with Crippen LogP contribution in [-0.4, -0.2) is 56.7 Å². The van der Waals surface area contributed by atoms with Crippen LogP contribution >= 0.6 is 0 Å². The van der Waals surface area contributed by atoms with E-state index in [4.69, 9.17) is 9.26 Å². The van der Waals surface area contributed by atoms with Gasteiger partial charge in [0.15, 0.2) is 0 Å². The monoisotopic (exact) mass is 578 g/mol. The Morgan fingerprint density at radius 3 is 2.37 bits per heavy atom. The molecule has 1 aliphatic rings. The number of H-pyrrole nitrogens is 1. The summed E-state index contributed by atoms with van der Waals surface area (Å²) in [6.07, 6.45) is 3.46. The smallest absolute Gasteiger partial charge is 0.440 e. The first-order chi connectivity index (χ1) is 20.9. The Balaban J connectivity index is 1.07. The van der Waals surface area contributed by atoms with E-state index in [-0.39, 0.29) is 12.5 Å². The molecule has 3 heterocycles. The number of amides is 1. The Hall–Kier alpha value is -5.45. The summed E-state index contributed by atoms with van der Waals surface area (Å²) in [5.41, 5.74) is 5.01. The molecule has 1 aliphatic heterocycles. The molecule has 2 aromatic heterocycles. The van der Waals surface area contributed by atoms with Crippen molar-refractivity contribution < 1.29 is 14.1 Å². The summed E-state index contributed by atoms with van der Waals surface area (Å²) in [7, 11) is 0. The van der Waals surface area contributed by atoms with Crippen molar-refractivity contribution >= 4 is 11.9 Å². The zero-order chi connectivity index (χ0) is 29.8. The summed E-state index contributed by atoms with van der Waals surface area (Å²) >= 11 is 0. The lowest BCUT2D eigenvalue weighted by atomic mass is 9.96. The molecule has 1 N–H and O–H groups in total. The third-order valence-electron chi connectivity index (χ3n) is 7.40. The first-order valence-electron chi connectivity index (χ1n) is 14.0. The van der Waals surface area contributed by atoms with Gasteiger partial charge in [0.25, 0.3) is 5.91 Å². The van der Waals surface area contributed by atoms with Gasteiger partial charge in [0.2, 0.25) is 5.95 Å². The Morgan fingerprint density at radius 1 is 0.907 bits per heavy atom. The lowest BCUT2D eigenvalue weighted by molar-refractivity contribution is 0.0746. The zero-order valence-corrected chi connectivity index (χ0v) is 23.6. The zero-order valence-electron chi connectivity index (χ0n) is 23.6. The molecule has 0 aliphatic carbocycles. The third kappa shape index (κ3) is 6.40. The summed E-state index contributed by atoms with van der Waals surface area (Å²) in [5.74, 6) is 0.617. The molecule has 43 heavy (non-hydrogen) atoms. The molecule has 1 fully saturated rings. The van der Waals surface area contributed by atoms with Crippen LogP contribution in [0.25, 0.3) is 11.1 Å². The number of hydrogen-bond donors (Lipinski definition) is 1. The lowest BCUT2D eigenvalue weighted by Crippen LogP contribution is -2.49. The SMILES string of the molecule is Cc1cc(C(=O)N2CCN(c3ncccn3)CC2)ccc1-c1cccc(COc2ccc(Cn3oc(=O)[nH]c3=O)cc2)c1. The van der Waals surface area contributed by atoms with Crippen molar-refractivity contribution in [2.24, 2.45) is 0 Å². The maximum atomic E-state index is 13.3. The number of piperazine rings is 1. The number of nitrogens with one attached hydrogen (secondary N) is 1. The van der Waals surface area contributed by atoms with E-state index in [2.05, 4.69) is 25.9 Å². The number of aromatic amines is 1. The Labute approximate surface area is 247 Å². The van der Waals surface area contributed by atoms with Crippen LogP contribution in [0.3, 0.4) is 0 Å². The number of nitrogens with zero attached hydrogens (tertiary/aromatic N) is 5. The molecule has 218 valence electrons. The van der Waals surface area contributed by atoms with Crippen LogP contribution in [0.5, 0.6) is 5.75 Å². The van der Waals surface area contributed by atoms with Crippen molar-refractivity contribution in [3.8, 4) is 16.9 Å². The van der Waals surface area contributed by atoms with Crippen LogP contribution in [0.2, 0.25) is 0 Å². The van der Waals surface area contributed by atoms with Crippen molar-refractivity contribution in [3.05, 3.63) is 128 Å². The topological polar surface area (TPSA) is 127 Å². The van der Waals surface area contributed by atoms with Gasteiger partial charge >= 0.3 is 11.4 Å². The quantitative estimate of drug-likeness (QED) is 0.297. The van der Waals surface area contributed by atoms with Crippen LogP contribution in [0.4, 0.5) is 5.95 Å². The highest BCUT2D eigenvalue weighted by molar-refractivity contribution is 5.95. The Bertz CT molecular complexity index is 1840. The van der Waals surface area contributed by atoms with E-state index in [0.717, 1.165) is 32.6 Å². The summed E-state index contributed by atoms with van der Waals surface area (Å²) in [6.45, 7) is 5.16. The normalized spacial score (nSPS) is 13.2. The van der Waals surface area contributed by atoms with E-state index in [1.165, 1.54) is 0 Å². The highest BCUT2D eigenvalue weighted by Crippen LogP contribution is 2.27. The number of ether oxygens (including phenoxy) is 1. The van der Waals surface area contributed by atoms with Gasteiger partial charge in [-0.05, 0) is 71.1 Å². The Morgan fingerprint density at radius 2 is 1.67 bits per heavy atom. The van der Waals surface area contributed by atoms with E-state index in [1.54, 1.807) is 18.5 Å². The number of carbonyl (C=O) groups excluding carboxylic acids is 1. The van der Waals surface area contributed by atoms with Crippen molar-refractivity contribution in [1.29, 1.82) is 0 Å². The highest BCUT2D eigenvalue weighted by Gasteiger charge is 2.23. The average Bonchev–Trinajstić information content (AvgIpc) is 3.36. The second-order valence-corrected chi connectivity index (χ2v) is 10.3. The largest absolute Gasteiger partial charge is 0.489 e. The number of hydrogen-bond acceptors (Lipinski definition) is 8. The van der Waals surface area contributed by atoms with E-state index < -0.39 is 11.4 Å². The molecule has 11 heteroatoms. The molecule has 6 rings (SSSR count). The number of carbonyl (C=O) groups is 1. The van der Waals surface area contributed by atoms with Crippen LogP contribution in [0, 0.1) is 6.92 Å². The second-order valence-electron chi connectivity index (χ2n) is 10.3. The fraction of sp³-hybridized carbons (Fsp3) is 0.219. The molecule has 0 unspecified atom stereocenters. The molecular formula is C32H30N6O5. The summed E-state index contributed by atoms with van der Waals surface area (Å²) in [5, 5.41) is 0. The molecule has 1 saturated heterocycles. The van der Waals surface area contributed by atoms with Gasteiger partial charge in [-0.3, -0.25) is 4.79 Å². The molecule has 0 radical (unpaired) electrons. The van der Waals surface area contributed by atoms with Gasteiger partial charge in [0.05, 0.1) is 6.54 Å². The minimum absolute atomic E-state index is 0.0289. The number of aryl methyl sites for hydroxylation is 1. The van der Waals surface area contributed by atoms with Crippen molar-refractivity contribution in [3.63, 3.8) is 0 Å². The number of anilines is 1. The van der Waals surface area contributed by atoms with Crippen molar-refractivity contribution in [1.82, 2.24) is 24.6 Å². The summed E-state index contributed by atoms with van der Waals surface area (Å²) in [4.78, 5) is 50.8. The van der Waals surface area contributed by atoms with Crippen molar-refractivity contribution in [2.45, 2.75) is 20.1 Å². The van der Waals surface area contributed by atoms with E-state index in [0.29, 0.717) is 50.0 Å². The molecule has 1 amide bonds. The Kier molecular flexibility index (Phi) is 7.86. The van der Waals surface area contributed by atoms with Gasteiger partial charge in [-0.2, -0.15) is 0 Å². The van der Waals surface area contributed by atoms with Gasteiger partial charge < -0.3 is 19.1 Å². The molecule has 0 spiro atoms. The molecule has 5 aromatic rings. The molecule has 0 saturated carbocycles. The van der Waals surface area contributed by atoms with Gasteiger partial charge in [-0.15, -0.1) is 4.74 Å². The number of aromatic nitrogens is 4. The van der Waals surface area contributed by atoms with Crippen LogP contribution < -0.4 is 21.1 Å². The maximum Gasteiger partial charge on any atom is 0.440 e. The van der Waals surface area contributed by atoms with E-state index >= 15 is 0 Å². The second kappa shape index (κ2) is 12.2. The number of benzene rings is 3. The first kappa shape index (κ1) is 27.7. The van der Waals surface area contributed by atoms with Crippen LogP contribution in [-0.2, 0) is 13.2 Å². The number of rotatable bonds is 8. The minimum atomic E-state index is -0.781. The van der Waals surface area contributed by atoms with Gasteiger partial charge in [-0.25, -0.2) is 24.5 Å². The van der Waals surface area contributed by atoms with Crippen LogP contribution in [0.15, 0.2) is 99.3 Å². The standard InChI is InChI=1S/C32H30N6O5/c1-22-18-26(29(39)36-14-16-37(17-15-36)30-33-12-3-13-34-30)8-11-28(22)25-5-2-4-24(19-25)21-42-27-9-6-23(7-10-27)20-38-31(40)35-32(41)43-38/h2-13,18-19H,14-17,20-21H2,1H3,(H,35,40,41). The fourth-order valence-electron chi connectivity index (χ4n) is 5.14. The molecule has 0 atom stereocenters. The maximum absolute atomic E-state index is 13.3. The third-order valence-corrected chi connectivity index (χ3v) is 7.40. The predicted molar refractivity (Wildman–Crippen MR) is 160 cm³/mol. The van der Waals surface area contributed by atoms with Gasteiger partial charge in [0.1, 0.15) is 12.4 Å². The van der Waals surface area contributed by atoms with E-state index in [9.17, 15) is 14.4 Å². The van der Waals surface area contributed by atoms with Gasteiger partial charge in [0, 0.05) is 44.1 Å². The summed E-state index contributed by atoms with van der Waals surface area (Å²) < 4.78 is 11.8. The lowest BCUT2D eigenvalue weighted by Gasteiger charge is -2.34. The predicted octanol–water partition coefficient (Wildman–Crippen LogP) is 3.48. The molecular weight excluding hydrogens is 548 g/mol. The summed E-state index contributed by atoms with van der Waals surface area (Å²) in [6, 6.07) is 23.0. The average molecular weight is 579 g/mol. The van der Waals surface area contributed by atoms with E-state index in [1.807, 2.05) is 72.5 Å². The molecule has 11 nitrogen and oxygen atoms in total. The van der Waals surface area contributed by atoms with Crippen LogP contribution in [0.1, 0.15) is 27.0 Å².